The van der Waals surface area contributed by atoms with Gasteiger partial charge in [0, 0.05) is 36.6 Å². The van der Waals surface area contributed by atoms with E-state index < -0.39 is 0 Å². The lowest BCUT2D eigenvalue weighted by Crippen LogP contribution is -2.59. The second-order valence-corrected chi connectivity index (χ2v) is 9.07. The number of hydrogen-bond acceptors (Lipinski definition) is 3. The highest BCUT2D eigenvalue weighted by molar-refractivity contribution is 9.11. The van der Waals surface area contributed by atoms with Gasteiger partial charge in [-0.05, 0) is 46.3 Å². The number of thiophene rings is 1. The van der Waals surface area contributed by atoms with Gasteiger partial charge in [0.05, 0.1) is 3.79 Å². The molecule has 0 radical (unpaired) electrons. The highest BCUT2D eigenvalue weighted by atomic mass is 79.9. The van der Waals surface area contributed by atoms with Gasteiger partial charge in [0.2, 0.25) is 0 Å². The molecule has 4 heteroatoms. The van der Waals surface area contributed by atoms with Crippen molar-refractivity contribution in [2.45, 2.75) is 46.2 Å². The minimum Gasteiger partial charge on any atom is -0.311 e. The minimum atomic E-state index is 0.639. The first kappa shape index (κ1) is 16.5. The summed E-state index contributed by atoms with van der Waals surface area (Å²) in [6.07, 6.45) is 1.17. The van der Waals surface area contributed by atoms with Crippen molar-refractivity contribution in [2.24, 2.45) is 11.8 Å². The van der Waals surface area contributed by atoms with Gasteiger partial charge in [0.15, 0.2) is 0 Å². The van der Waals surface area contributed by atoms with Gasteiger partial charge in [0.25, 0.3) is 0 Å². The molecule has 1 N–H and O–H groups in total. The molecule has 20 heavy (non-hydrogen) atoms. The summed E-state index contributed by atoms with van der Waals surface area (Å²) in [4.78, 5) is 4.19. The fraction of sp³-hybridized carbons (Fsp3) is 0.750. The van der Waals surface area contributed by atoms with Crippen LogP contribution in [-0.2, 0) is 6.42 Å². The van der Waals surface area contributed by atoms with Gasteiger partial charge in [-0.25, -0.2) is 0 Å². The van der Waals surface area contributed by atoms with E-state index in [0.29, 0.717) is 23.9 Å². The van der Waals surface area contributed by atoms with E-state index in [2.05, 4.69) is 66.0 Å². The van der Waals surface area contributed by atoms with E-state index >= 15 is 0 Å². The van der Waals surface area contributed by atoms with Crippen LogP contribution in [0.25, 0.3) is 0 Å². The zero-order valence-electron chi connectivity index (χ0n) is 13.0. The van der Waals surface area contributed by atoms with Crippen LogP contribution < -0.4 is 5.32 Å². The van der Waals surface area contributed by atoms with Crippen LogP contribution in [0.3, 0.4) is 0 Å². The fourth-order valence-electron chi connectivity index (χ4n) is 2.95. The number of nitrogens with zero attached hydrogens (tertiary/aromatic N) is 1. The van der Waals surface area contributed by atoms with Crippen molar-refractivity contribution < 1.29 is 0 Å². The Bertz CT molecular complexity index is 416. The first-order chi connectivity index (χ1) is 9.47. The Kier molecular flexibility index (Phi) is 6.09. The van der Waals surface area contributed by atoms with Crippen LogP contribution in [0.4, 0.5) is 0 Å². The van der Waals surface area contributed by atoms with Crippen LogP contribution >= 0.6 is 27.3 Å². The van der Waals surface area contributed by atoms with Crippen LogP contribution in [0.5, 0.6) is 0 Å². The summed E-state index contributed by atoms with van der Waals surface area (Å²) in [6.45, 7) is 12.8. The van der Waals surface area contributed by atoms with Crippen LogP contribution in [0.1, 0.15) is 32.6 Å². The van der Waals surface area contributed by atoms with Crippen LogP contribution in [0.15, 0.2) is 15.9 Å². The molecule has 2 rings (SSSR count). The first-order valence-electron chi connectivity index (χ1n) is 7.69. The first-order valence-corrected chi connectivity index (χ1v) is 9.30. The molecule has 0 aromatic carbocycles. The van der Waals surface area contributed by atoms with Crippen molar-refractivity contribution in [1.82, 2.24) is 10.2 Å². The van der Waals surface area contributed by atoms with Crippen LogP contribution in [0, 0.1) is 11.8 Å². The third-order valence-electron chi connectivity index (χ3n) is 4.34. The molecule has 2 atom stereocenters. The van der Waals surface area contributed by atoms with E-state index in [4.69, 9.17) is 0 Å². The minimum absolute atomic E-state index is 0.639. The van der Waals surface area contributed by atoms with Crippen LogP contribution in [-0.4, -0.2) is 36.6 Å². The van der Waals surface area contributed by atoms with Gasteiger partial charge in [-0.2, -0.15) is 0 Å². The molecule has 0 aliphatic carbocycles. The lowest BCUT2D eigenvalue weighted by Gasteiger charge is -2.43. The zero-order valence-corrected chi connectivity index (χ0v) is 15.4. The Balaban J connectivity index is 1.96. The van der Waals surface area contributed by atoms with E-state index in [1.807, 2.05) is 11.3 Å². The predicted molar refractivity (Wildman–Crippen MR) is 92.6 cm³/mol. The number of halogens is 1. The molecule has 2 nitrogen and oxygen atoms in total. The van der Waals surface area contributed by atoms with Crippen molar-refractivity contribution in [3.05, 3.63) is 20.8 Å². The maximum atomic E-state index is 3.74. The second kappa shape index (κ2) is 7.39. The molecule has 0 bridgehead atoms. The van der Waals surface area contributed by atoms with E-state index in [1.165, 1.54) is 28.2 Å². The van der Waals surface area contributed by atoms with Crippen molar-refractivity contribution in [1.29, 1.82) is 0 Å². The molecule has 1 saturated heterocycles. The molecule has 0 amide bonds. The zero-order chi connectivity index (χ0) is 14.7. The standard InChI is InChI=1S/C16H27BrN2S/c1-11(2)14-10-19(15(9-18-14)12(3)4)8-7-13-5-6-16(17)20-13/h5-6,11-12,14-15,18H,7-10H2,1-4H3. The number of nitrogens with one attached hydrogen (secondary N) is 1. The molecule has 1 fully saturated rings. The smallest absolute Gasteiger partial charge is 0.0701 e. The highest BCUT2D eigenvalue weighted by Gasteiger charge is 2.30. The summed E-state index contributed by atoms with van der Waals surface area (Å²) in [5, 5.41) is 3.74. The number of hydrogen-bond donors (Lipinski definition) is 1. The van der Waals surface area contributed by atoms with Gasteiger partial charge in [-0.3, -0.25) is 4.90 Å². The Morgan fingerprint density at radius 2 is 2.05 bits per heavy atom. The molecular weight excluding hydrogens is 332 g/mol. The summed E-state index contributed by atoms with van der Waals surface area (Å²) in [6, 6.07) is 5.73. The molecule has 0 spiro atoms. The molecule has 1 aliphatic heterocycles. The summed E-state index contributed by atoms with van der Waals surface area (Å²) < 4.78 is 1.24. The van der Waals surface area contributed by atoms with Gasteiger partial charge in [-0.15, -0.1) is 11.3 Å². The average Bonchev–Trinajstić information content (AvgIpc) is 2.81. The summed E-state index contributed by atoms with van der Waals surface area (Å²) in [5.74, 6) is 1.42. The normalized spacial score (nSPS) is 24.8. The monoisotopic (exact) mass is 358 g/mol. The maximum Gasteiger partial charge on any atom is 0.0701 e. The highest BCUT2D eigenvalue weighted by Crippen LogP contribution is 2.24. The molecule has 1 aromatic heterocycles. The molecule has 2 heterocycles. The van der Waals surface area contributed by atoms with Crippen molar-refractivity contribution in [3.63, 3.8) is 0 Å². The third-order valence-corrected chi connectivity index (χ3v) is 6.02. The quantitative estimate of drug-likeness (QED) is 0.855. The van der Waals surface area contributed by atoms with Gasteiger partial charge in [0.1, 0.15) is 0 Å². The molecule has 1 aliphatic rings. The van der Waals surface area contributed by atoms with E-state index in [9.17, 15) is 0 Å². The SMILES string of the molecule is CC(C)C1CN(CCc2ccc(Br)s2)C(C(C)C)CN1. The molecule has 2 unspecified atom stereocenters. The Morgan fingerprint density at radius 3 is 2.60 bits per heavy atom. The Morgan fingerprint density at radius 1 is 1.30 bits per heavy atom. The predicted octanol–water partition coefficient (Wildman–Crippen LogP) is 4.01. The molecule has 114 valence electrons. The average molecular weight is 359 g/mol. The third kappa shape index (κ3) is 4.30. The lowest BCUT2D eigenvalue weighted by molar-refractivity contribution is 0.0866. The summed E-state index contributed by atoms with van der Waals surface area (Å²) >= 11 is 5.42. The Hall–Kier alpha value is 0.1000. The largest absolute Gasteiger partial charge is 0.311 e. The number of rotatable bonds is 5. The van der Waals surface area contributed by atoms with Crippen LogP contribution in [0.2, 0.25) is 0 Å². The van der Waals surface area contributed by atoms with Crippen molar-refractivity contribution >= 4 is 27.3 Å². The van der Waals surface area contributed by atoms with Crippen molar-refractivity contribution in [3.8, 4) is 0 Å². The van der Waals surface area contributed by atoms with E-state index in [0.717, 1.165) is 6.54 Å². The summed E-state index contributed by atoms with van der Waals surface area (Å²) in [7, 11) is 0. The molecule has 1 aromatic rings. The Labute approximate surface area is 136 Å². The van der Waals surface area contributed by atoms with E-state index in [-0.39, 0.29) is 0 Å². The molecular formula is C16H27BrN2S. The second-order valence-electron chi connectivity index (χ2n) is 6.52. The van der Waals surface area contributed by atoms with Gasteiger partial charge in [-0.1, -0.05) is 27.7 Å². The lowest BCUT2D eigenvalue weighted by atomic mass is 9.94. The number of piperazine rings is 1. The topological polar surface area (TPSA) is 15.3 Å². The fourth-order valence-corrected chi connectivity index (χ4v) is 4.43. The van der Waals surface area contributed by atoms with Crippen molar-refractivity contribution in [2.75, 3.05) is 19.6 Å². The summed E-state index contributed by atoms with van der Waals surface area (Å²) in [5.41, 5.74) is 0. The van der Waals surface area contributed by atoms with Gasteiger partial charge >= 0.3 is 0 Å². The van der Waals surface area contributed by atoms with E-state index in [1.54, 1.807) is 0 Å². The van der Waals surface area contributed by atoms with Gasteiger partial charge < -0.3 is 5.32 Å². The molecule has 0 saturated carbocycles. The maximum absolute atomic E-state index is 3.74.